The summed E-state index contributed by atoms with van der Waals surface area (Å²) < 4.78 is 16.3. The molecular weight excluding hydrogens is 488 g/mol. The average Bonchev–Trinajstić information content (AvgIpc) is 3.18. The van der Waals surface area contributed by atoms with Crippen molar-refractivity contribution in [1.82, 2.24) is 0 Å². The summed E-state index contributed by atoms with van der Waals surface area (Å²) in [5, 5.41) is 2.65. The minimum absolute atomic E-state index is 0.0809. The van der Waals surface area contributed by atoms with Crippen LogP contribution in [-0.2, 0) is 30.2 Å². The zero-order valence-electron chi connectivity index (χ0n) is 23.0. The van der Waals surface area contributed by atoms with Gasteiger partial charge >= 0.3 is 18.2 Å². The van der Waals surface area contributed by atoms with E-state index in [2.05, 4.69) is 5.32 Å². The molecule has 0 saturated carbocycles. The lowest BCUT2D eigenvalue weighted by Crippen LogP contribution is -2.40. The van der Waals surface area contributed by atoms with Crippen LogP contribution in [0.1, 0.15) is 52.7 Å². The summed E-state index contributed by atoms with van der Waals surface area (Å²) in [6, 6.07) is 14.2. The molecule has 3 rings (SSSR count). The molecule has 2 aromatic carbocycles. The number of hydrogen-bond donors (Lipinski definition) is 1. The summed E-state index contributed by atoms with van der Waals surface area (Å²) >= 11 is 0. The minimum atomic E-state index is -1.16. The highest BCUT2D eigenvalue weighted by molar-refractivity contribution is 6.05. The molecule has 2 unspecified atom stereocenters. The SMILES string of the molecule is Cc1ccc(NC(=O)OC(C)(C)C)cc1N1CC(C(=O)C(Cc2ccccc2)C(=O)OC(C)(C)C)OC1=O. The number of anilines is 2. The minimum Gasteiger partial charge on any atom is -0.459 e. The Labute approximate surface area is 223 Å². The van der Waals surface area contributed by atoms with Gasteiger partial charge in [0.15, 0.2) is 11.9 Å². The molecule has 2 aromatic rings. The third-order valence-corrected chi connectivity index (χ3v) is 5.59. The molecule has 9 nitrogen and oxygen atoms in total. The van der Waals surface area contributed by atoms with E-state index >= 15 is 0 Å². The molecule has 1 saturated heterocycles. The smallest absolute Gasteiger partial charge is 0.415 e. The third-order valence-electron chi connectivity index (χ3n) is 5.59. The van der Waals surface area contributed by atoms with Crippen molar-refractivity contribution >= 4 is 35.3 Å². The van der Waals surface area contributed by atoms with Gasteiger partial charge in [-0.25, -0.2) is 9.59 Å². The van der Waals surface area contributed by atoms with Crippen LogP contribution in [0.15, 0.2) is 48.5 Å². The molecule has 0 aliphatic carbocycles. The highest BCUT2D eigenvalue weighted by Gasteiger charge is 2.43. The van der Waals surface area contributed by atoms with Crippen LogP contribution in [0, 0.1) is 12.8 Å². The van der Waals surface area contributed by atoms with Crippen LogP contribution in [0.25, 0.3) is 0 Å². The zero-order valence-corrected chi connectivity index (χ0v) is 23.0. The molecule has 0 bridgehead atoms. The van der Waals surface area contributed by atoms with Crippen molar-refractivity contribution in [1.29, 1.82) is 0 Å². The Balaban J connectivity index is 1.81. The van der Waals surface area contributed by atoms with Crippen molar-refractivity contribution in [2.45, 2.75) is 72.2 Å². The van der Waals surface area contributed by atoms with Crippen molar-refractivity contribution in [2.24, 2.45) is 5.92 Å². The second-order valence-electron chi connectivity index (χ2n) is 11.3. The number of benzene rings is 2. The van der Waals surface area contributed by atoms with E-state index in [1.54, 1.807) is 66.7 Å². The number of carbonyl (C=O) groups excluding carboxylic acids is 4. The molecule has 38 heavy (non-hydrogen) atoms. The van der Waals surface area contributed by atoms with Crippen LogP contribution in [0.4, 0.5) is 21.0 Å². The summed E-state index contributed by atoms with van der Waals surface area (Å²) in [5.74, 6) is -2.34. The van der Waals surface area contributed by atoms with Gasteiger partial charge in [0.1, 0.15) is 17.1 Å². The van der Waals surface area contributed by atoms with E-state index in [-0.39, 0.29) is 13.0 Å². The highest BCUT2D eigenvalue weighted by atomic mass is 16.6. The Morgan fingerprint density at radius 2 is 1.63 bits per heavy atom. The largest absolute Gasteiger partial charge is 0.459 e. The van der Waals surface area contributed by atoms with Gasteiger partial charge in [-0.15, -0.1) is 0 Å². The Bertz CT molecular complexity index is 1200. The van der Waals surface area contributed by atoms with E-state index < -0.39 is 47.2 Å². The number of nitrogens with one attached hydrogen (secondary N) is 1. The van der Waals surface area contributed by atoms with Gasteiger partial charge in [0.2, 0.25) is 0 Å². The standard InChI is InChI=1S/C29H36N2O7/c1-18-13-14-20(30-26(34)38-29(5,6)7)16-22(18)31-17-23(36-27(31)35)24(32)21(25(33)37-28(2,3)4)15-19-11-9-8-10-12-19/h8-14,16,21,23H,15,17H2,1-7H3,(H,30,34). The maximum absolute atomic E-state index is 13.6. The van der Waals surface area contributed by atoms with Crippen LogP contribution in [0.2, 0.25) is 0 Å². The Kier molecular flexibility index (Phi) is 8.49. The van der Waals surface area contributed by atoms with Crippen LogP contribution in [0.3, 0.4) is 0 Å². The molecule has 0 radical (unpaired) electrons. The molecule has 1 fully saturated rings. The number of hydrogen-bond acceptors (Lipinski definition) is 7. The summed E-state index contributed by atoms with van der Waals surface area (Å²) in [6.45, 7) is 12.2. The maximum atomic E-state index is 13.6. The molecular formula is C29H36N2O7. The zero-order chi connectivity index (χ0) is 28.3. The Morgan fingerprint density at radius 1 is 1.00 bits per heavy atom. The number of amides is 2. The number of ether oxygens (including phenoxy) is 3. The first-order valence-electron chi connectivity index (χ1n) is 12.5. The monoisotopic (exact) mass is 524 g/mol. The Morgan fingerprint density at radius 3 is 2.24 bits per heavy atom. The van der Waals surface area contributed by atoms with Crippen LogP contribution in [-0.4, -0.2) is 47.8 Å². The fourth-order valence-electron chi connectivity index (χ4n) is 3.95. The van der Waals surface area contributed by atoms with Crippen molar-refractivity contribution < 1.29 is 33.4 Å². The van der Waals surface area contributed by atoms with Crippen LogP contribution < -0.4 is 10.2 Å². The number of ketones is 1. The van der Waals surface area contributed by atoms with E-state index in [4.69, 9.17) is 14.2 Å². The van der Waals surface area contributed by atoms with Gasteiger partial charge in [-0.2, -0.15) is 0 Å². The van der Waals surface area contributed by atoms with Crippen molar-refractivity contribution in [3.05, 3.63) is 59.7 Å². The summed E-state index contributed by atoms with van der Waals surface area (Å²) in [5.41, 5.74) is 0.943. The fraction of sp³-hybridized carbons (Fsp3) is 0.448. The molecule has 0 aromatic heterocycles. The van der Waals surface area contributed by atoms with Gasteiger partial charge in [-0.1, -0.05) is 36.4 Å². The van der Waals surface area contributed by atoms with Crippen molar-refractivity contribution in [3.8, 4) is 0 Å². The maximum Gasteiger partial charge on any atom is 0.415 e. The van der Waals surface area contributed by atoms with Crippen LogP contribution in [0.5, 0.6) is 0 Å². The molecule has 0 spiro atoms. The highest BCUT2D eigenvalue weighted by Crippen LogP contribution is 2.30. The molecule has 2 atom stereocenters. The second-order valence-corrected chi connectivity index (χ2v) is 11.3. The average molecular weight is 525 g/mol. The normalized spacial score (nSPS) is 16.4. The van der Waals surface area contributed by atoms with E-state index in [1.165, 1.54) is 4.90 Å². The number of Topliss-reactive ketones (excluding diaryl/α,β-unsaturated/α-hetero) is 1. The summed E-state index contributed by atoms with van der Waals surface area (Å²) in [7, 11) is 0. The third kappa shape index (κ3) is 7.81. The van der Waals surface area contributed by atoms with Gasteiger partial charge in [-0.3, -0.25) is 19.8 Å². The van der Waals surface area contributed by atoms with Crippen molar-refractivity contribution in [3.63, 3.8) is 0 Å². The number of esters is 1. The molecule has 1 N–H and O–H groups in total. The van der Waals surface area contributed by atoms with E-state index in [9.17, 15) is 19.2 Å². The van der Waals surface area contributed by atoms with Gasteiger partial charge in [-0.05, 0) is 78.1 Å². The number of carbonyl (C=O) groups is 4. The van der Waals surface area contributed by atoms with E-state index in [0.717, 1.165) is 11.1 Å². The number of rotatable bonds is 7. The molecule has 1 heterocycles. The lowest BCUT2D eigenvalue weighted by Gasteiger charge is -2.24. The summed E-state index contributed by atoms with van der Waals surface area (Å²) in [4.78, 5) is 53.0. The van der Waals surface area contributed by atoms with E-state index in [1.807, 2.05) is 30.3 Å². The van der Waals surface area contributed by atoms with Gasteiger partial charge in [0.05, 0.1) is 12.2 Å². The van der Waals surface area contributed by atoms with Gasteiger partial charge in [0, 0.05) is 5.69 Å². The molecule has 1 aliphatic heterocycles. The van der Waals surface area contributed by atoms with E-state index in [0.29, 0.717) is 11.4 Å². The molecule has 204 valence electrons. The number of nitrogens with zero attached hydrogens (tertiary/aromatic N) is 1. The predicted octanol–water partition coefficient (Wildman–Crippen LogP) is 5.44. The number of aryl methyl sites for hydroxylation is 1. The Hall–Kier alpha value is -3.88. The number of cyclic esters (lactones) is 1. The van der Waals surface area contributed by atoms with Gasteiger partial charge in [0.25, 0.3) is 0 Å². The molecule has 1 aliphatic rings. The second kappa shape index (κ2) is 11.2. The predicted molar refractivity (Wildman–Crippen MR) is 143 cm³/mol. The molecule has 9 heteroatoms. The topological polar surface area (TPSA) is 111 Å². The lowest BCUT2D eigenvalue weighted by molar-refractivity contribution is -0.163. The first-order chi connectivity index (χ1) is 17.6. The first kappa shape index (κ1) is 28.7. The van der Waals surface area contributed by atoms with Crippen LogP contribution >= 0.6 is 0 Å². The first-order valence-corrected chi connectivity index (χ1v) is 12.5. The van der Waals surface area contributed by atoms with Gasteiger partial charge < -0.3 is 14.2 Å². The summed E-state index contributed by atoms with van der Waals surface area (Å²) in [6.07, 6.45) is -2.39. The molecule has 2 amide bonds. The lowest BCUT2D eigenvalue weighted by atomic mass is 9.92. The quantitative estimate of drug-likeness (QED) is 0.292. The fourth-order valence-corrected chi connectivity index (χ4v) is 3.95. The van der Waals surface area contributed by atoms with Crippen molar-refractivity contribution in [2.75, 3.05) is 16.8 Å².